The van der Waals surface area contributed by atoms with E-state index in [1.54, 1.807) is 12.1 Å². The van der Waals surface area contributed by atoms with Gasteiger partial charge in [0.2, 0.25) is 0 Å². The average molecular weight is 402 g/mol. The van der Waals surface area contributed by atoms with Gasteiger partial charge < -0.3 is 5.73 Å². The van der Waals surface area contributed by atoms with Crippen LogP contribution in [0.1, 0.15) is 11.1 Å². The van der Waals surface area contributed by atoms with Crippen LogP contribution < -0.4 is 16.0 Å². The molecule has 0 aliphatic heterocycles. The van der Waals surface area contributed by atoms with E-state index in [-0.39, 0.29) is 16.4 Å². The van der Waals surface area contributed by atoms with E-state index in [0.29, 0.717) is 5.03 Å². The van der Waals surface area contributed by atoms with Crippen molar-refractivity contribution in [2.45, 2.75) is 28.7 Å². The lowest BCUT2D eigenvalue weighted by Crippen LogP contribution is -2.30. The number of aromatic nitrogens is 2. The number of anilines is 2. The van der Waals surface area contributed by atoms with Crippen molar-refractivity contribution in [3.8, 4) is 0 Å². The van der Waals surface area contributed by atoms with Gasteiger partial charge in [-0.25, -0.2) is 18.4 Å². The third-order valence-electron chi connectivity index (χ3n) is 3.72. The fourth-order valence-corrected chi connectivity index (χ4v) is 3.82. The molecule has 0 aliphatic rings. The Balaban J connectivity index is 1.75. The van der Waals surface area contributed by atoms with Crippen LogP contribution in [0.25, 0.3) is 0 Å². The summed E-state index contributed by atoms with van der Waals surface area (Å²) in [7, 11) is -3.75. The summed E-state index contributed by atoms with van der Waals surface area (Å²) in [5.41, 5.74) is 11.1. The number of nitrogens with one attached hydrogen (secondary N) is 2. The quantitative estimate of drug-likeness (QED) is 0.430. The standard InChI is InChI=1S/C18H19N5O2S2/c1-12-3-7-14(8-4-12)26-18-16(19)17(20-11-21-18)22-23-27(24,25)15-9-5-13(2)6-10-15/h3-11,23H,19H2,1-2H3,(H,20,21,22). The van der Waals surface area contributed by atoms with Crippen molar-refractivity contribution in [1.29, 1.82) is 0 Å². The molecular formula is C18H19N5O2S2. The topological polar surface area (TPSA) is 110 Å². The van der Waals surface area contributed by atoms with Crippen LogP contribution in [0.2, 0.25) is 0 Å². The first-order valence-corrected chi connectivity index (χ1v) is 10.3. The summed E-state index contributed by atoms with van der Waals surface area (Å²) in [4.78, 5) is 11.6. The molecule has 0 saturated carbocycles. The lowest BCUT2D eigenvalue weighted by atomic mass is 10.2. The fraction of sp³-hybridized carbons (Fsp3) is 0.111. The molecule has 0 fully saturated rings. The number of nitrogens with two attached hydrogens (primary N) is 1. The number of hydrogen-bond acceptors (Lipinski definition) is 7. The SMILES string of the molecule is Cc1ccc(Sc2ncnc(NNS(=O)(=O)c3ccc(C)cc3)c2N)cc1. The molecular weight excluding hydrogens is 382 g/mol. The molecule has 0 unspecified atom stereocenters. The summed E-state index contributed by atoms with van der Waals surface area (Å²) >= 11 is 1.38. The lowest BCUT2D eigenvalue weighted by molar-refractivity contribution is 0.587. The molecule has 0 amide bonds. The second-order valence-electron chi connectivity index (χ2n) is 5.90. The van der Waals surface area contributed by atoms with Crippen LogP contribution >= 0.6 is 11.8 Å². The molecule has 0 aliphatic carbocycles. The van der Waals surface area contributed by atoms with Crippen molar-refractivity contribution in [3.05, 3.63) is 66.0 Å². The molecule has 0 radical (unpaired) electrons. The van der Waals surface area contributed by atoms with Crippen LogP contribution in [0.4, 0.5) is 11.5 Å². The van der Waals surface area contributed by atoms with Crippen LogP contribution in [0, 0.1) is 13.8 Å². The fourth-order valence-electron chi connectivity index (χ4n) is 2.17. The van der Waals surface area contributed by atoms with Gasteiger partial charge in [-0.2, -0.15) is 0 Å². The molecule has 3 rings (SSSR count). The number of nitrogen functional groups attached to an aromatic ring is 1. The molecule has 140 valence electrons. The minimum Gasteiger partial charge on any atom is -0.393 e. The summed E-state index contributed by atoms with van der Waals surface area (Å²) in [5, 5.41) is 0.533. The average Bonchev–Trinajstić information content (AvgIpc) is 2.64. The molecule has 0 atom stereocenters. The first kappa shape index (κ1) is 19.2. The smallest absolute Gasteiger partial charge is 0.257 e. The summed E-state index contributed by atoms with van der Waals surface area (Å²) in [6, 6.07) is 14.4. The van der Waals surface area contributed by atoms with E-state index in [1.165, 1.54) is 30.2 Å². The molecule has 7 nitrogen and oxygen atoms in total. The van der Waals surface area contributed by atoms with Gasteiger partial charge in [-0.1, -0.05) is 47.2 Å². The minimum atomic E-state index is -3.75. The van der Waals surface area contributed by atoms with Gasteiger partial charge in [0.25, 0.3) is 10.0 Å². The zero-order chi connectivity index (χ0) is 19.4. The van der Waals surface area contributed by atoms with Gasteiger partial charge in [0.1, 0.15) is 17.0 Å². The van der Waals surface area contributed by atoms with Gasteiger partial charge in [0.15, 0.2) is 5.82 Å². The van der Waals surface area contributed by atoms with Gasteiger partial charge in [-0.3, -0.25) is 5.43 Å². The predicted octanol–water partition coefficient (Wildman–Crippen LogP) is 3.13. The highest BCUT2D eigenvalue weighted by Gasteiger charge is 2.16. The monoisotopic (exact) mass is 401 g/mol. The number of sulfonamides is 1. The van der Waals surface area contributed by atoms with Gasteiger partial charge in [-0.15, -0.1) is 4.83 Å². The van der Waals surface area contributed by atoms with Gasteiger partial charge in [0, 0.05) is 4.90 Å². The number of benzene rings is 2. The molecule has 1 heterocycles. The normalized spacial score (nSPS) is 11.3. The number of hydrazine groups is 1. The van der Waals surface area contributed by atoms with Crippen LogP contribution in [-0.2, 0) is 10.0 Å². The van der Waals surface area contributed by atoms with Crippen molar-refractivity contribution in [2.24, 2.45) is 0 Å². The van der Waals surface area contributed by atoms with E-state index >= 15 is 0 Å². The van der Waals surface area contributed by atoms with Crippen molar-refractivity contribution in [1.82, 2.24) is 14.8 Å². The van der Waals surface area contributed by atoms with E-state index < -0.39 is 10.0 Å². The molecule has 0 bridgehead atoms. The highest BCUT2D eigenvalue weighted by Crippen LogP contribution is 2.32. The predicted molar refractivity (Wildman–Crippen MR) is 107 cm³/mol. The maximum atomic E-state index is 12.4. The molecule has 2 aromatic carbocycles. The minimum absolute atomic E-state index is 0.141. The second-order valence-corrected chi connectivity index (χ2v) is 8.64. The van der Waals surface area contributed by atoms with Crippen LogP contribution in [0.5, 0.6) is 0 Å². The third-order valence-corrected chi connectivity index (χ3v) is 6.01. The van der Waals surface area contributed by atoms with Crippen LogP contribution in [-0.4, -0.2) is 18.4 Å². The molecule has 1 aromatic heterocycles. The van der Waals surface area contributed by atoms with Crippen LogP contribution in [0.15, 0.2) is 69.7 Å². The molecule has 4 N–H and O–H groups in total. The zero-order valence-electron chi connectivity index (χ0n) is 14.8. The number of aryl methyl sites for hydroxylation is 2. The maximum Gasteiger partial charge on any atom is 0.257 e. The Morgan fingerprint density at radius 3 is 2.15 bits per heavy atom. The Bertz CT molecular complexity index is 1040. The Morgan fingerprint density at radius 2 is 1.52 bits per heavy atom. The van der Waals surface area contributed by atoms with Crippen LogP contribution in [0.3, 0.4) is 0 Å². The first-order chi connectivity index (χ1) is 12.8. The van der Waals surface area contributed by atoms with E-state index in [4.69, 9.17) is 5.73 Å². The molecule has 0 saturated heterocycles. The van der Waals surface area contributed by atoms with E-state index in [1.807, 2.05) is 38.1 Å². The first-order valence-electron chi connectivity index (χ1n) is 8.04. The molecule has 3 aromatic rings. The second kappa shape index (κ2) is 7.95. The summed E-state index contributed by atoms with van der Waals surface area (Å²) < 4.78 is 24.7. The van der Waals surface area contributed by atoms with Crippen molar-refractivity contribution < 1.29 is 8.42 Å². The molecule has 0 spiro atoms. The van der Waals surface area contributed by atoms with Gasteiger partial charge in [-0.05, 0) is 38.1 Å². The van der Waals surface area contributed by atoms with Crippen molar-refractivity contribution in [3.63, 3.8) is 0 Å². The molecule has 27 heavy (non-hydrogen) atoms. The molecule has 9 heteroatoms. The highest BCUT2D eigenvalue weighted by atomic mass is 32.2. The van der Waals surface area contributed by atoms with E-state index in [2.05, 4.69) is 20.2 Å². The largest absolute Gasteiger partial charge is 0.393 e. The Labute approximate surface area is 162 Å². The van der Waals surface area contributed by atoms with Gasteiger partial charge in [0.05, 0.1) is 4.90 Å². The number of hydrogen-bond donors (Lipinski definition) is 3. The zero-order valence-corrected chi connectivity index (χ0v) is 16.4. The highest BCUT2D eigenvalue weighted by molar-refractivity contribution is 7.99. The van der Waals surface area contributed by atoms with Crippen molar-refractivity contribution >= 4 is 33.3 Å². The Morgan fingerprint density at radius 1 is 0.926 bits per heavy atom. The van der Waals surface area contributed by atoms with E-state index in [9.17, 15) is 8.42 Å². The number of rotatable bonds is 6. The number of nitrogens with zero attached hydrogens (tertiary/aromatic N) is 2. The van der Waals surface area contributed by atoms with E-state index in [0.717, 1.165) is 16.0 Å². The van der Waals surface area contributed by atoms with Crippen molar-refractivity contribution in [2.75, 3.05) is 11.2 Å². The van der Waals surface area contributed by atoms with Gasteiger partial charge >= 0.3 is 0 Å². The summed E-state index contributed by atoms with van der Waals surface area (Å²) in [6.45, 7) is 3.90. The Kier molecular flexibility index (Phi) is 5.64. The summed E-state index contributed by atoms with van der Waals surface area (Å²) in [5.74, 6) is 0.190. The third kappa shape index (κ3) is 4.76. The lowest BCUT2D eigenvalue weighted by Gasteiger charge is -2.12. The summed E-state index contributed by atoms with van der Waals surface area (Å²) in [6.07, 6.45) is 1.33. The maximum absolute atomic E-state index is 12.4. The Hall–Kier alpha value is -2.62.